The van der Waals surface area contributed by atoms with Crippen molar-refractivity contribution in [2.75, 3.05) is 5.32 Å². The van der Waals surface area contributed by atoms with E-state index in [-0.39, 0.29) is 15.9 Å². The lowest BCUT2D eigenvalue weighted by atomic mass is 10.2. The van der Waals surface area contributed by atoms with Crippen molar-refractivity contribution >= 4 is 46.6 Å². The van der Waals surface area contributed by atoms with E-state index in [0.29, 0.717) is 22.3 Å². The first-order chi connectivity index (χ1) is 9.94. The number of amides is 1. The number of benzene rings is 1. The van der Waals surface area contributed by atoms with Gasteiger partial charge in [0, 0.05) is 16.1 Å². The third-order valence-electron chi connectivity index (χ3n) is 2.36. The van der Waals surface area contributed by atoms with Gasteiger partial charge >= 0.3 is 0 Å². The number of nitrogens with one attached hydrogen (secondary N) is 1. The molecular weight excluding hydrogens is 341 g/mol. The Labute approximate surface area is 133 Å². The van der Waals surface area contributed by atoms with Crippen LogP contribution in [-0.2, 0) is 0 Å². The molecule has 0 aliphatic rings. The van der Waals surface area contributed by atoms with Gasteiger partial charge < -0.3 is 5.32 Å². The predicted molar refractivity (Wildman–Crippen MR) is 80.5 cm³/mol. The molecule has 0 aliphatic carbocycles. The fourth-order valence-electron chi connectivity index (χ4n) is 1.52. The zero-order chi connectivity index (χ0) is 15.4. The summed E-state index contributed by atoms with van der Waals surface area (Å²) in [5.74, 6) is -2.90. The first kappa shape index (κ1) is 16.0. The number of hydrogen-bond donors (Lipinski definition) is 1. The first-order valence-corrected chi connectivity index (χ1v) is 7.27. The second-order valence-electron chi connectivity index (χ2n) is 3.86. The van der Waals surface area contributed by atoms with Gasteiger partial charge in [0.15, 0.2) is 0 Å². The highest BCUT2D eigenvalue weighted by Crippen LogP contribution is 2.26. The maximum absolute atomic E-state index is 12.2. The summed E-state index contributed by atoms with van der Waals surface area (Å²) in [6.45, 7) is 0. The molecule has 0 atom stereocenters. The number of carbonyl (C=O) groups excluding carboxylic acids is 1. The van der Waals surface area contributed by atoms with Gasteiger partial charge in [0.2, 0.25) is 0 Å². The van der Waals surface area contributed by atoms with E-state index in [1.807, 2.05) is 0 Å². The van der Waals surface area contributed by atoms with Crippen LogP contribution in [0.25, 0.3) is 0 Å². The van der Waals surface area contributed by atoms with E-state index in [1.54, 1.807) is 0 Å². The highest BCUT2D eigenvalue weighted by Gasteiger charge is 2.10. The van der Waals surface area contributed by atoms with Crippen LogP contribution in [0.4, 0.5) is 14.5 Å². The summed E-state index contributed by atoms with van der Waals surface area (Å²) in [4.78, 5) is 16.2. The average Bonchev–Trinajstić information content (AvgIpc) is 2.39. The van der Waals surface area contributed by atoms with Gasteiger partial charge in [-0.05, 0) is 36.4 Å². The number of pyridine rings is 1. The molecule has 3 nitrogen and oxygen atoms in total. The van der Waals surface area contributed by atoms with Gasteiger partial charge in [0.25, 0.3) is 11.7 Å². The number of thioether (sulfide) groups is 1. The third kappa shape index (κ3) is 4.84. The van der Waals surface area contributed by atoms with Crippen molar-refractivity contribution in [3.8, 4) is 0 Å². The first-order valence-electron chi connectivity index (χ1n) is 5.63. The smallest absolute Gasteiger partial charge is 0.288 e. The van der Waals surface area contributed by atoms with Crippen molar-refractivity contribution in [2.45, 2.75) is 10.7 Å². The summed E-state index contributed by atoms with van der Waals surface area (Å²) in [6, 6.07) is 8.82. The van der Waals surface area contributed by atoms with Crippen LogP contribution in [0.3, 0.4) is 0 Å². The molecule has 1 aromatic carbocycles. The molecule has 0 bridgehead atoms. The summed E-state index contributed by atoms with van der Waals surface area (Å²) in [6.07, 6.45) is 0. The molecule has 0 radical (unpaired) electrons. The Kier molecular flexibility index (Phi) is 5.39. The SMILES string of the molecule is O=C(Nc1ccc(SC(F)F)cc1)c1cc(Cl)nc(Cl)c1. The van der Waals surface area contributed by atoms with Crippen molar-refractivity contribution in [1.29, 1.82) is 0 Å². The summed E-state index contributed by atoms with van der Waals surface area (Å²) in [7, 11) is 0. The molecule has 0 aliphatic heterocycles. The van der Waals surface area contributed by atoms with Crippen LogP contribution in [0.5, 0.6) is 0 Å². The quantitative estimate of drug-likeness (QED) is 0.627. The Morgan fingerprint density at radius 2 is 1.71 bits per heavy atom. The van der Waals surface area contributed by atoms with Gasteiger partial charge in [-0.25, -0.2) is 4.98 Å². The van der Waals surface area contributed by atoms with Gasteiger partial charge in [0.1, 0.15) is 10.3 Å². The third-order valence-corrected chi connectivity index (χ3v) is 3.47. The Bertz CT molecular complexity index is 633. The molecule has 0 saturated heterocycles. The molecule has 0 spiro atoms. The summed E-state index contributed by atoms with van der Waals surface area (Å²) >= 11 is 11.9. The molecule has 2 rings (SSSR count). The monoisotopic (exact) mass is 348 g/mol. The van der Waals surface area contributed by atoms with Crippen LogP contribution >= 0.6 is 35.0 Å². The zero-order valence-corrected chi connectivity index (χ0v) is 12.6. The molecular formula is C13H8Cl2F2N2OS. The van der Waals surface area contributed by atoms with Gasteiger partial charge in [-0.2, -0.15) is 8.78 Å². The van der Waals surface area contributed by atoms with E-state index in [2.05, 4.69) is 10.3 Å². The number of aromatic nitrogens is 1. The highest BCUT2D eigenvalue weighted by atomic mass is 35.5. The van der Waals surface area contributed by atoms with E-state index < -0.39 is 11.7 Å². The molecule has 0 saturated carbocycles. The molecule has 0 unspecified atom stereocenters. The van der Waals surface area contributed by atoms with Crippen LogP contribution in [0.15, 0.2) is 41.3 Å². The number of alkyl halides is 2. The Morgan fingerprint density at radius 1 is 1.14 bits per heavy atom. The maximum atomic E-state index is 12.2. The number of hydrogen-bond acceptors (Lipinski definition) is 3. The van der Waals surface area contributed by atoms with Gasteiger partial charge in [-0.3, -0.25) is 4.79 Å². The van der Waals surface area contributed by atoms with Crippen molar-refractivity contribution in [3.63, 3.8) is 0 Å². The summed E-state index contributed by atoms with van der Waals surface area (Å²) in [5.41, 5.74) is 0.730. The molecule has 2 aromatic rings. The number of halogens is 4. The minimum absolute atomic E-state index is 0.108. The van der Waals surface area contributed by atoms with Crippen molar-refractivity contribution < 1.29 is 13.6 Å². The fraction of sp³-hybridized carbons (Fsp3) is 0.0769. The van der Waals surface area contributed by atoms with Gasteiger partial charge in [-0.15, -0.1) is 0 Å². The Hall–Kier alpha value is -1.37. The number of anilines is 1. The number of carbonyl (C=O) groups is 1. The van der Waals surface area contributed by atoms with Crippen molar-refractivity contribution in [2.24, 2.45) is 0 Å². The maximum Gasteiger partial charge on any atom is 0.288 e. The van der Waals surface area contributed by atoms with E-state index >= 15 is 0 Å². The minimum atomic E-state index is -2.48. The van der Waals surface area contributed by atoms with E-state index in [9.17, 15) is 13.6 Å². The molecule has 21 heavy (non-hydrogen) atoms. The number of nitrogens with zero attached hydrogens (tertiary/aromatic N) is 1. The van der Waals surface area contributed by atoms with Gasteiger partial charge in [0.05, 0.1) is 0 Å². The van der Waals surface area contributed by atoms with E-state index in [4.69, 9.17) is 23.2 Å². The zero-order valence-electron chi connectivity index (χ0n) is 10.3. The summed E-state index contributed by atoms with van der Waals surface area (Å²) in [5, 5.41) is 2.83. The highest BCUT2D eigenvalue weighted by molar-refractivity contribution is 7.99. The Balaban J connectivity index is 2.08. The predicted octanol–water partition coefficient (Wildman–Crippen LogP) is 4.96. The standard InChI is InChI=1S/C13H8Cl2F2N2OS/c14-10-5-7(6-11(15)19-10)12(20)18-8-1-3-9(4-2-8)21-13(16)17/h1-6,13H,(H,18,20). The fourth-order valence-corrected chi connectivity index (χ4v) is 2.48. The molecule has 1 heterocycles. The van der Waals surface area contributed by atoms with Crippen LogP contribution < -0.4 is 5.32 Å². The second kappa shape index (κ2) is 7.06. The molecule has 1 aromatic heterocycles. The molecule has 110 valence electrons. The van der Waals surface area contributed by atoms with Crippen LogP contribution in [0, 0.1) is 0 Å². The molecule has 0 fully saturated rings. The normalized spacial score (nSPS) is 10.7. The van der Waals surface area contributed by atoms with E-state index in [1.165, 1.54) is 36.4 Å². The summed E-state index contributed by atoms with van der Waals surface area (Å²) < 4.78 is 24.4. The topological polar surface area (TPSA) is 42.0 Å². The average molecular weight is 349 g/mol. The lowest BCUT2D eigenvalue weighted by molar-refractivity contribution is 0.102. The largest absolute Gasteiger partial charge is 0.322 e. The molecule has 8 heteroatoms. The number of rotatable bonds is 4. The lowest BCUT2D eigenvalue weighted by Crippen LogP contribution is -2.12. The molecule has 1 amide bonds. The van der Waals surface area contributed by atoms with Gasteiger partial charge in [-0.1, -0.05) is 35.0 Å². The van der Waals surface area contributed by atoms with Crippen LogP contribution in [0.2, 0.25) is 10.3 Å². The molecule has 1 N–H and O–H groups in total. The van der Waals surface area contributed by atoms with E-state index in [0.717, 1.165) is 0 Å². The minimum Gasteiger partial charge on any atom is -0.322 e. The van der Waals surface area contributed by atoms with Crippen molar-refractivity contribution in [1.82, 2.24) is 4.98 Å². The Morgan fingerprint density at radius 3 is 2.24 bits per heavy atom. The van der Waals surface area contributed by atoms with Crippen molar-refractivity contribution in [3.05, 3.63) is 52.3 Å². The lowest BCUT2D eigenvalue weighted by Gasteiger charge is -2.07. The van der Waals surface area contributed by atoms with Crippen LogP contribution in [0.1, 0.15) is 10.4 Å². The second-order valence-corrected chi connectivity index (χ2v) is 5.70. The van der Waals surface area contributed by atoms with Crippen LogP contribution in [-0.4, -0.2) is 16.6 Å².